The van der Waals surface area contributed by atoms with Crippen molar-refractivity contribution >= 4 is 23.1 Å². The van der Waals surface area contributed by atoms with E-state index in [4.69, 9.17) is 18.0 Å². The van der Waals surface area contributed by atoms with E-state index in [1.807, 2.05) is 11.8 Å². The molecule has 0 bridgehead atoms. The summed E-state index contributed by atoms with van der Waals surface area (Å²) >= 11 is 5.25. The summed E-state index contributed by atoms with van der Waals surface area (Å²) in [6.07, 6.45) is 5.49. The number of hydrogen-bond donors (Lipinski definition) is 1. The highest BCUT2D eigenvalue weighted by atomic mass is 32.1. The van der Waals surface area contributed by atoms with Crippen molar-refractivity contribution in [3.63, 3.8) is 0 Å². The van der Waals surface area contributed by atoms with Crippen LogP contribution in [-0.2, 0) is 4.79 Å². The number of carbonyl (C=O) groups is 1. The predicted octanol–water partition coefficient (Wildman–Crippen LogP) is 3.51. The van der Waals surface area contributed by atoms with Crippen LogP contribution in [0.3, 0.4) is 0 Å². The Labute approximate surface area is 123 Å². The summed E-state index contributed by atoms with van der Waals surface area (Å²) in [5.74, 6) is 0.139. The summed E-state index contributed by atoms with van der Waals surface area (Å²) in [5, 5.41) is 0. The lowest BCUT2D eigenvalue weighted by Gasteiger charge is -2.36. The average molecular weight is 286 g/mol. The predicted molar refractivity (Wildman–Crippen MR) is 86.2 cm³/mol. The first-order valence-corrected chi connectivity index (χ1v) is 8.00. The summed E-state index contributed by atoms with van der Waals surface area (Å²) in [6, 6.07) is 0. The van der Waals surface area contributed by atoms with E-state index in [2.05, 4.69) is 20.8 Å². The van der Waals surface area contributed by atoms with Crippen molar-refractivity contribution < 1.29 is 4.79 Å². The van der Waals surface area contributed by atoms with Gasteiger partial charge in [-0.25, -0.2) is 0 Å². The molecule has 0 aromatic carbocycles. The molecule has 0 aliphatic carbocycles. The molecule has 1 amide bonds. The summed E-state index contributed by atoms with van der Waals surface area (Å²) in [5.41, 5.74) is 5.33. The fourth-order valence-electron chi connectivity index (χ4n) is 2.60. The zero-order valence-corrected chi connectivity index (χ0v) is 13.8. The summed E-state index contributed by atoms with van der Waals surface area (Å²) in [4.78, 5) is 15.2. The van der Waals surface area contributed by atoms with Gasteiger partial charge in [0.05, 0.1) is 10.4 Å². The molecule has 0 fully saturated rings. The molecular weight excluding hydrogens is 256 g/mol. The normalized spacial score (nSPS) is 11.4. The number of rotatable bonds is 10. The van der Waals surface area contributed by atoms with Gasteiger partial charge in [0.15, 0.2) is 0 Å². The summed E-state index contributed by atoms with van der Waals surface area (Å²) < 4.78 is 0. The third kappa shape index (κ3) is 4.75. The number of amides is 1. The van der Waals surface area contributed by atoms with Gasteiger partial charge in [-0.15, -0.1) is 0 Å². The highest BCUT2D eigenvalue weighted by Gasteiger charge is 2.41. The smallest absolute Gasteiger partial charge is 0.235 e. The first kappa shape index (κ1) is 18.4. The molecule has 3 nitrogen and oxygen atoms in total. The van der Waals surface area contributed by atoms with Gasteiger partial charge in [0, 0.05) is 13.1 Å². The molecule has 0 rings (SSSR count). The van der Waals surface area contributed by atoms with E-state index in [0.29, 0.717) is 4.99 Å². The second-order valence-electron chi connectivity index (χ2n) is 5.18. The van der Waals surface area contributed by atoms with Gasteiger partial charge in [-0.3, -0.25) is 4.79 Å². The maximum atomic E-state index is 12.9. The Morgan fingerprint density at radius 3 is 1.95 bits per heavy atom. The van der Waals surface area contributed by atoms with E-state index < -0.39 is 5.41 Å². The minimum Gasteiger partial charge on any atom is -0.392 e. The topological polar surface area (TPSA) is 46.3 Å². The molecule has 0 radical (unpaired) electrons. The maximum Gasteiger partial charge on any atom is 0.235 e. The van der Waals surface area contributed by atoms with Crippen molar-refractivity contribution in [2.75, 3.05) is 13.1 Å². The van der Waals surface area contributed by atoms with E-state index in [9.17, 15) is 4.79 Å². The van der Waals surface area contributed by atoms with Crippen molar-refractivity contribution in [1.29, 1.82) is 0 Å². The molecule has 19 heavy (non-hydrogen) atoms. The lowest BCUT2D eigenvalue weighted by molar-refractivity contribution is -0.139. The molecular formula is C15H30N2OS. The van der Waals surface area contributed by atoms with Crippen LogP contribution in [0.4, 0.5) is 0 Å². The Hall–Kier alpha value is -0.640. The molecule has 0 aromatic heterocycles. The van der Waals surface area contributed by atoms with Crippen LogP contribution in [0.1, 0.15) is 66.2 Å². The zero-order valence-electron chi connectivity index (χ0n) is 13.0. The van der Waals surface area contributed by atoms with Crippen LogP contribution in [0.5, 0.6) is 0 Å². The molecule has 2 N–H and O–H groups in total. The van der Waals surface area contributed by atoms with E-state index in [-0.39, 0.29) is 5.91 Å². The van der Waals surface area contributed by atoms with Gasteiger partial charge in [-0.1, -0.05) is 52.3 Å². The largest absolute Gasteiger partial charge is 0.392 e. The molecule has 0 aliphatic heterocycles. The van der Waals surface area contributed by atoms with Crippen LogP contribution in [-0.4, -0.2) is 28.9 Å². The number of carbonyl (C=O) groups excluding carboxylic acids is 1. The van der Waals surface area contributed by atoms with Crippen molar-refractivity contribution in [2.45, 2.75) is 66.2 Å². The lowest BCUT2D eigenvalue weighted by Crippen LogP contribution is -2.50. The van der Waals surface area contributed by atoms with E-state index >= 15 is 0 Å². The summed E-state index contributed by atoms with van der Waals surface area (Å²) in [6.45, 7) is 9.86. The zero-order chi connectivity index (χ0) is 14.9. The van der Waals surface area contributed by atoms with Crippen LogP contribution in [0.2, 0.25) is 0 Å². The van der Waals surface area contributed by atoms with E-state index in [0.717, 1.165) is 51.6 Å². The molecule has 0 aromatic rings. The number of thiocarbonyl (C=S) groups is 1. The maximum absolute atomic E-state index is 12.9. The Morgan fingerprint density at radius 1 is 1.11 bits per heavy atom. The van der Waals surface area contributed by atoms with Crippen molar-refractivity contribution in [2.24, 2.45) is 11.1 Å². The van der Waals surface area contributed by atoms with E-state index in [1.54, 1.807) is 0 Å². The first-order chi connectivity index (χ1) is 8.99. The van der Waals surface area contributed by atoms with Crippen LogP contribution >= 0.6 is 12.2 Å². The fourth-order valence-corrected chi connectivity index (χ4v) is 2.89. The standard InChI is InChI=1S/C15H30N2OS/c1-5-9-12-17(8-4)14(18)15(10-6-2,11-7-3)13(16)19/h5-12H2,1-4H3,(H2,16,19). The van der Waals surface area contributed by atoms with Crippen LogP contribution in [0, 0.1) is 5.41 Å². The van der Waals surface area contributed by atoms with Gasteiger partial charge in [-0.2, -0.15) is 0 Å². The Balaban J connectivity index is 5.20. The Morgan fingerprint density at radius 2 is 1.63 bits per heavy atom. The van der Waals surface area contributed by atoms with Crippen LogP contribution in [0.15, 0.2) is 0 Å². The quantitative estimate of drug-likeness (QED) is 0.625. The highest BCUT2D eigenvalue weighted by molar-refractivity contribution is 7.80. The van der Waals surface area contributed by atoms with Gasteiger partial charge in [0.2, 0.25) is 5.91 Å². The first-order valence-electron chi connectivity index (χ1n) is 7.59. The number of unbranched alkanes of at least 4 members (excludes halogenated alkanes) is 1. The third-order valence-electron chi connectivity index (χ3n) is 3.69. The number of nitrogens with zero attached hydrogens (tertiary/aromatic N) is 1. The second kappa shape index (κ2) is 9.29. The molecule has 0 unspecified atom stereocenters. The minimum atomic E-state index is -0.622. The molecule has 0 spiro atoms. The number of nitrogens with two attached hydrogens (primary N) is 1. The molecule has 4 heteroatoms. The highest BCUT2D eigenvalue weighted by Crippen LogP contribution is 2.33. The van der Waals surface area contributed by atoms with Gasteiger partial charge in [0.25, 0.3) is 0 Å². The molecule has 112 valence electrons. The third-order valence-corrected chi connectivity index (χ3v) is 4.08. The average Bonchev–Trinajstić information content (AvgIpc) is 2.38. The van der Waals surface area contributed by atoms with Crippen molar-refractivity contribution in [1.82, 2.24) is 4.90 Å². The van der Waals surface area contributed by atoms with E-state index in [1.165, 1.54) is 0 Å². The Kier molecular flexibility index (Phi) is 8.98. The Bertz CT molecular complexity index is 286. The second-order valence-corrected chi connectivity index (χ2v) is 5.62. The monoisotopic (exact) mass is 286 g/mol. The summed E-state index contributed by atoms with van der Waals surface area (Å²) in [7, 11) is 0. The molecule has 0 atom stereocenters. The van der Waals surface area contributed by atoms with Crippen LogP contribution in [0.25, 0.3) is 0 Å². The SMILES string of the molecule is CCCCN(CC)C(=O)C(CCC)(CCC)C(N)=S. The van der Waals surface area contributed by atoms with Gasteiger partial charge < -0.3 is 10.6 Å². The lowest BCUT2D eigenvalue weighted by atomic mass is 9.77. The molecule has 0 saturated heterocycles. The van der Waals surface area contributed by atoms with Crippen LogP contribution < -0.4 is 5.73 Å². The number of hydrogen-bond acceptors (Lipinski definition) is 2. The van der Waals surface area contributed by atoms with Crippen molar-refractivity contribution in [3.8, 4) is 0 Å². The van der Waals surface area contributed by atoms with Gasteiger partial charge in [-0.05, 0) is 26.2 Å². The fraction of sp³-hybridized carbons (Fsp3) is 0.867. The molecule has 0 saturated carbocycles. The molecule has 0 aliphatic rings. The van der Waals surface area contributed by atoms with Gasteiger partial charge in [0.1, 0.15) is 0 Å². The van der Waals surface area contributed by atoms with Crippen molar-refractivity contribution in [3.05, 3.63) is 0 Å². The molecule has 0 heterocycles. The van der Waals surface area contributed by atoms with Gasteiger partial charge >= 0.3 is 0 Å². The minimum absolute atomic E-state index is 0.139.